The molecule has 0 unspecified atom stereocenters. The normalized spacial score (nSPS) is 10.5. The van der Waals surface area contributed by atoms with Crippen molar-refractivity contribution in [3.8, 4) is 17.2 Å². The number of ether oxygens (including phenoxy) is 3. The maximum Gasteiger partial charge on any atom is 0.286 e. The predicted molar refractivity (Wildman–Crippen MR) is 115 cm³/mol. The van der Waals surface area contributed by atoms with Gasteiger partial charge in [-0.25, -0.2) is 0 Å². The molecule has 0 spiro atoms. The Morgan fingerprint density at radius 1 is 1.13 bits per heavy atom. The van der Waals surface area contributed by atoms with Crippen molar-refractivity contribution in [2.24, 2.45) is 0 Å². The maximum atomic E-state index is 12.6. The number of nitro groups is 1. The van der Waals surface area contributed by atoms with Crippen LogP contribution >= 0.6 is 0 Å². The number of pyridine rings is 1. The van der Waals surface area contributed by atoms with Gasteiger partial charge in [-0.15, -0.1) is 0 Å². The molecule has 3 aromatic rings. The molecule has 0 fully saturated rings. The topological polar surface area (TPSA) is 113 Å². The third kappa shape index (κ3) is 5.19. The SMILES string of the molecule is CCOc1cc([N+](=O)[O-])c(C(=O)NCCCOc2cccc3cccnc23)cc1OC. The van der Waals surface area contributed by atoms with Crippen molar-refractivity contribution >= 4 is 22.5 Å². The van der Waals surface area contributed by atoms with Gasteiger partial charge >= 0.3 is 0 Å². The second kappa shape index (κ2) is 10.2. The van der Waals surface area contributed by atoms with Gasteiger partial charge in [-0.3, -0.25) is 19.9 Å². The third-order valence-electron chi connectivity index (χ3n) is 4.48. The first-order valence-electron chi connectivity index (χ1n) is 9.79. The van der Waals surface area contributed by atoms with Gasteiger partial charge in [0.05, 0.1) is 31.3 Å². The number of fused-ring (bicyclic) bond motifs is 1. The molecule has 0 bridgehead atoms. The summed E-state index contributed by atoms with van der Waals surface area (Å²) in [4.78, 5) is 27.7. The quantitative estimate of drug-likeness (QED) is 0.299. The molecule has 162 valence electrons. The third-order valence-corrected chi connectivity index (χ3v) is 4.48. The number of carbonyl (C=O) groups excluding carboxylic acids is 1. The molecule has 0 aliphatic heterocycles. The number of nitrogens with one attached hydrogen (secondary N) is 1. The smallest absolute Gasteiger partial charge is 0.286 e. The molecule has 0 saturated carbocycles. The zero-order valence-electron chi connectivity index (χ0n) is 17.3. The van der Waals surface area contributed by atoms with E-state index in [-0.39, 0.29) is 29.3 Å². The highest BCUT2D eigenvalue weighted by molar-refractivity contribution is 5.99. The highest BCUT2D eigenvalue weighted by atomic mass is 16.6. The number of nitro benzene ring substituents is 1. The number of methoxy groups -OCH3 is 1. The number of aromatic nitrogens is 1. The summed E-state index contributed by atoms with van der Waals surface area (Å²) >= 11 is 0. The summed E-state index contributed by atoms with van der Waals surface area (Å²) in [6.45, 7) is 2.70. The first-order valence-corrected chi connectivity index (χ1v) is 9.79. The van der Waals surface area contributed by atoms with Crippen LogP contribution in [0.25, 0.3) is 10.9 Å². The molecule has 2 aromatic carbocycles. The first-order chi connectivity index (χ1) is 15.0. The van der Waals surface area contributed by atoms with Crippen LogP contribution in [0.4, 0.5) is 5.69 Å². The summed E-state index contributed by atoms with van der Waals surface area (Å²) < 4.78 is 16.3. The molecule has 0 saturated heterocycles. The molecule has 1 aromatic heterocycles. The van der Waals surface area contributed by atoms with Crippen molar-refractivity contribution in [1.29, 1.82) is 0 Å². The minimum atomic E-state index is -0.618. The number of amides is 1. The van der Waals surface area contributed by atoms with Gasteiger partial charge in [0.1, 0.15) is 16.8 Å². The summed E-state index contributed by atoms with van der Waals surface area (Å²) in [6, 6.07) is 12.0. The lowest BCUT2D eigenvalue weighted by atomic mass is 10.1. The Bertz CT molecular complexity index is 1080. The minimum absolute atomic E-state index is 0.0931. The van der Waals surface area contributed by atoms with Crippen molar-refractivity contribution in [3.63, 3.8) is 0 Å². The second-order valence-electron chi connectivity index (χ2n) is 6.50. The molecule has 3 rings (SSSR count). The summed E-state index contributed by atoms with van der Waals surface area (Å²) in [7, 11) is 1.41. The van der Waals surface area contributed by atoms with E-state index >= 15 is 0 Å². The molecule has 9 heteroatoms. The van der Waals surface area contributed by atoms with Gasteiger partial charge in [0.25, 0.3) is 11.6 Å². The fourth-order valence-electron chi connectivity index (χ4n) is 3.05. The summed E-state index contributed by atoms with van der Waals surface area (Å²) in [5.74, 6) is 0.561. The average molecular weight is 425 g/mol. The van der Waals surface area contributed by atoms with E-state index in [1.165, 1.54) is 19.2 Å². The van der Waals surface area contributed by atoms with Crippen LogP contribution in [0.2, 0.25) is 0 Å². The lowest BCUT2D eigenvalue weighted by Crippen LogP contribution is -2.26. The van der Waals surface area contributed by atoms with Crippen LogP contribution < -0.4 is 19.5 Å². The number of benzene rings is 2. The Morgan fingerprint density at radius 3 is 2.68 bits per heavy atom. The molecule has 0 aliphatic carbocycles. The Morgan fingerprint density at radius 2 is 1.94 bits per heavy atom. The zero-order chi connectivity index (χ0) is 22.2. The Balaban J connectivity index is 1.61. The van der Waals surface area contributed by atoms with E-state index in [4.69, 9.17) is 14.2 Å². The zero-order valence-corrected chi connectivity index (χ0v) is 17.3. The van der Waals surface area contributed by atoms with Crippen LogP contribution in [0, 0.1) is 10.1 Å². The summed E-state index contributed by atoms with van der Waals surface area (Å²) in [5.41, 5.74) is 0.329. The van der Waals surface area contributed by atoms with Crippen LogP contribution in [0.1, 0.15) is 23.7 Å². The van der Waals surface area contributed by atoms with Crippen molar-refractivity contribution < 1.29 is 23.9 Å². The molecule has 1 amide bonds. The Hall–Kier alpha value is -3.88. The molecular formula is C22H23N3O6. The number of hydrogen-bond acceptors (Lipinski definition) is 7. The molecule has 1 N–H and O–H groups in total. The van der Waals surface area contributed by atoms with Gasteiger partial charge in [0, 0.05) is 24.2 Å². The number of nitrogens with zero attached hydrogens (tertiary/aromatic N) is 2. The van der Waals surface area contributed by atoms with Crippen LogP contribution in [-0.4, -0.2) is 42.7 Å². The molecule has 0 aliphatic rings. The fraction of sp³-hybridized carbons (Fsp3) is 0.273. The highest BCUT2D eigenvalue weighted by Gasteiger charge is 2.24. The van der Waals surface area contributed by atoms with Gasteiger partial charge in [-0.05, 0) is 25.5 Å². The largest absolute Gasteiger partial charge is 0.493 e. The number of hydrogen-bond donors (Lipinski definition) is 1. The number of rotatable bonds is 10. The van der Waals surface area contributed by atoms with E-state index in [0.717, 1.165) is 10.9 Å². The molecule has 0 atom stereocenters. The number of carbonyl (C=O) groups is 1. The molecule has 0 radical (unpaired) electrons. The minimum Gasteiger partial charge on any atom is -0.493 e. The average Bonchev–Trinajstić information content (AvgIpc) is 2.78. The van der Waals surface area contributed by atoms with E-state index in [1.807, 2.05) is 30.3 Å². The van der Waals surface area contributed by atoms with Crippen LogP contribution in [0.3, 0.4) is 0 Å². The molecular weight excluding hydrogens is 402 g/mol. The number of para-hydroxylation sites is 1. The fourth-order valence-corrected chi connectivity index (χ4v) is 3.05. The molecule has 31 heavy (non-hydrogen) atoms. The summed E-state index contributed by atoms with van der Waals surface area (Å²) in [5, 5.41) is 15.1. The molecule has 9 nitrogen and oxygen atoms in total. The van der Waals surface area contributed by atoms with Gasteiger partial charge in [0.15, 0.2) is 11.5 Å². The van der Waals surface area contributed by atoms with Crippen molar-refractivity contribution in [1.82, 2.24) is 10.3 Å². The molecule has 1 heterocycles. The van der Waals surface area contributed by atoms with Crippen molar-refractivity contribution in [2.75, 3.05) is 26.9 Å². The van der Waals surface area contributed by atoms with E-state index in [2.05, 4.69) is 10.3 Å². The highest BCUT2D eigenvalue weighted by Crippen LogP contribution is 2.34. The van der Waals surface area contributed by atoms with E-state index < -0.39 is 10.8 Å². The maximum absolute atomic E-state index is 12.6. The second-order valence-corrected chi connectivity index (χ2v) is 6.50. The van der Waals surface area contributed by atoms with Crippen LogP contribution in [0.15, 0.2) is 48.7 Å². The van der Waals surface area contributed by atoms with Gasteiger partial charge in [-0.2, -0.15) is 0 Å². The van der Waals surface area contributed by atoms with E-state index in [9.17, 15) is 14.9 Å². The Labute approximate surface area is 179 Å². The van der Waals surface area contributed by atoms with E-state index in [1.54, 1.807) is 13.1 Å². The van der Waals surface area contributed by atoms with E-state index in [0.29, 0.717) is 25.4 Å². The lowest BCUT2D eigenvalue weighted by molar-refractivity contribution is -0.385. The standard InChI is InChI=1S/C22H23N3O6/c1-3-30-20-14-17(25(27)28)16(13-19(20)29-2)22(26)24-11-6-12-31-18-9-4-7-15-8-5-10-23-21(15)18/h4-5,7-10,13-14H,3,6,11-12H2,1-2H3,(H,24,26). The van der Waals surface area contributed by atoms with Gasteiger partial charge in [0.2, 0.25) is 0 Å². The Kier molecular flexibility index (Phi) is 7.21. The lowest BCUT2D eigenvalue weighted by Gasteiger charge is -2.12. The predicted octanol–water partition coefficient (Wildman–Crippen LogP) is 3.75. The van der Waals surface area contributed by atoms with Crippen LogP contribution in [-0.2, 0) is 0 Å². The van der Waals surface area contributed by atoms with Crippen molar-refractivity contribution in [2.45, 2.75) is 13.3 Å². The van der Waals surface area contributed by atoms with Gasteiger partial charge < -0.3 is 19.5 Å². The summed E-state index contributed by atoms with van der Waals surface area (Å²) in [6.07, 6.45) is 2.21. The first kappa shape index (κ1) is 21.8. The van der Waals surface area contributed by atoms with Crippen molar-refractivity contribution in [3.05, 3.63) is 64.3 Å². The monoisotopic (exact) mass is 425 g/mol. The van der Waals surface area contributed by atoms with Gasteiger partial charge in [-0.1, -0.05) is 18.2 Å². The van der Waals surface area contributed by atoms with Crippen LogP contribution in [0.5, 0.6) is 17.2 Å².